The molecule has 0 spiro atoms. The Morgan fingerprint density at radius 2 is 1.92 bits per heavy atom. The van der Waals surface area contributed by atoms with Crippen molar-refractivity contribution in [3.8, 4) is 23.1 Å². The molecule has 3 heterocycles. The number of hydrogen-bond acceptors (Lipinski definition) is 8. The Morgan fingerprint density at radius 3 is 2.69 bits per heavy atom. The van der Waals surface area contributed by atoms with Gasteiger partial charge in [-0.3, -0.25) is 0 Å². The summed E-state index contributed by atoms with van der Waals surface area (Å²) in [5.74, 6) is 0.972. The molecule has 0 aliphatic rings. The molecule has 0 saturated carbocycles. The summed E-state index contributed by atoms with van der Waals surface area (Å²) in [6.45, 7) is 1.50. The van der Waals surface area contributed by atoms with Gasteiger partial charge in [0.2, 0.25) is 11.7 Å². The number of oxazole rings is 1. The molecule has 8 heteroatoms. The van der Waals surface area contributed by atoms with Crippen LogP contribution in [0.5, 0.6) is 0 Å². The summed E-state index contributed by atoms with van der Waals surface area (Å²) in [6, 6.07) is 12.7. The lowest BCUT2D eigenvalue weighted by molar-refractivity contribution is 0.0451. The van der Waals surface area contributed by atoms with Crippen LogP contribution in [0.3, 0.4) is 0 Å². The Labute approximate surface area is 147 Å². The molecule has 0 fully saturated rings. The normalized spacial score (nSPS) is 10.8. The zero-order chi connectivity index (χ0) is 17.9. The Morgan fingerprint density at radius 1 is 1.08 bits per heavy atom. The van der Waals surface area contributed by atoms with Crippen molar-refractivity contribution < 1.29 is 22.9 Å². The number of carbonyl (C=O) groups is 1. The first kappa shape index (κ1) is 15.8. The van der Waals surface area contributed by atoms with Crippen LogP contribution < -0.4 is 0 Å². The largest absolute Gasteiger partial charge is 0.459 e. The van der Waals surface area contributed by atoms with Crippen molar-refractivity contribution in [1.82, 2.24) is 15.1 Å². The maximum atomic E-state index is 12.3. The van der Waals surface area contributed by atoms with Crippen molar-refractivity contribution in [1.29, 1.82) is 0 Å². The molecule has 26 heavy (non-hydrogen) atoms. The van der Waals surface area contributed by atoms with Gasteiger partial charge in [-0.2, -0.15) is 4.98 Å². The van der Waals surface area contributed by atoms with Gasteiger partial charge in [-0.05, 0) is 31.2 Å². The van der Waals surface area contributed by atoms with E-state index in [0.717, 1.165) is 5.56 Å². The number of rotatable bonds is 5. The number of aryl methyl sites for hydroxylation is 1. The molecule has 0 amide bonds. The Hall–Kier alpha value is -3.68. The van der Waals surface area contributed by atoms with Crippen molar-refractivity contribution in [2.45, 2.75) is 13.5 Å². The Bertz CT molecular complexity index is 1020. The number of benzene rings is 1. The third-order valence-electron chi connectivity index (χ3n) is 3.54. The monoisotopic (exact) mass is 351 g/mol. The molecule has 3 aromatic heterocycles. The molecule has 0 aliphatic carbocycles. The molecule has 0 N–H and O–H groups in total. The fourth-order valence-electron chi connectivity index (χ4n) is 2.30. The molecule has 4 aromatic rings. The van der Waals surface area contributed by atoms with Crippen molar-refractivity contribution in [2.75, 3.05) is 0 Å². The Balaban J connectivity index is 1.45. The predicted octanol–water partition coefficient (Wildman–Crippen LogP) is 3.65. The summed E-state index contributed by atoms with van der Waals surface area (Å²) >= 11 is 0. The van der Waals surface area contributed by atoms with Gasteiger partial charge in [0.05, 0.1) is 6.26 Å². The van der Waals surface area contributed by atoms with Gasteiger partial charge in [0.25, 0.3) is 5.89 Å². The molecule has 0 radical (unpaired) electrons. The molecular formula is C18H13N3O5. The number of carbonyl (C=O) groups excluding carboxylic acids is 1. The van der Waals surface area contributed by atoms with Gasteiger partial charge in [-0.25, -0.2) is 9.78 Å². The second-order valence-electron chi connectivity index (χ2n) is 5.36. The fraction of sp³-hybridized carbons (Fsp3) is 0.111. The third kappa shape index (κ3) is 3.12. The van der Waals surface area contributed by atoms with E-state index in [2.05, 4.69) is 15.1 Å². The number of furan rings is 1. The first-order chi connectivity index (χ1) is 12.7. The van der Waals surface area contributed by atoms with Gasteiger partial charge in [0.1, 0.15) is 5.76 Å². The lowest BCUT2D eigenvalue weighted by Crippen LogP contribution is -2.08. The van der Waals surface area contributed by atoms with Crippen LogP contribution in [0.2, 0.25) is 0 Å². The minimum Gasteiger partial charge on any atom is -0.459 e. The molecule has 4 rings (SSSR count). The standard InChI is InChI=1S/C18H13N3O5/c1-11-15(20-16(25-11)12-6-3-2-4-7-12)18(22)24-10-14-19-17(26-21-14)13-8-5-9-23-13/h2-9H,10H2,1H3. The van der Waals surface area contributed by atoms with Gasteiger partial charge in [0, 0.05) is 5.56 Å². The first-order valence-corrected chi connectivity index (χ1v) is 7.77. The maximum absolute atomic E-state index is 12.3. The van der Waals surface area contributed by atoms with E-state index in [1.54, 1.807) is 19.1 Å². The van der Waals surface area contributed by atoms with Crippen LogP contribution in [0.4, 0.5) is 0 Å². The van der Waals surface area contributed by atoms with E-state index in [4.69, 9.17) is 18.1 Å². The van der Waals surface area contributed by atoms with Gasteiger partial charge in [0.15, 0.2) is 18.1 Å². The molecule has 0 unspecified atom stereocenters. The highest BCUT2D eigenvalue weighted by Crippen LogP contribution is 2.22. The van der Waals surface area contributed by atoms with Crippen LogP contribution in [0.25, 0.3) is 23.1 Å². The van der Waals surface area contributed by atoms with Gasteiger partial charge in [-0.1, -0.05) is 23.4 Å². The SMILES string of the molecule is Cc1oc(-c2ccccc2)nc1C(=O)OCc1noc(-c2ccco2)n1. The number of esters is 1. The highest BCUT2D eigenvalue weighted by molar-refractivity contribution is 5.88. The minimum absolute atomic E-state index is 0.110. The second-order valence-corrected chi connectivity index (χ2v) is 5.36. The van der Waals surface area contributed by atoms with Gasteiger partial charge >= 0.3 is 5.97 Å². The first-order valence-electron chi connectivity index (χ1n) is 7.77. The molecule has 0 atom stereocenters. The second kappa shape index (κ2) is 6.67. The predicted molar refractivity (Wildman–Crippen MR) is 87.8 cm³/mol. The van der Waals surface area contributed by atoms with Crippen LogP contribution in [-0.4, -0.2) is 21.1 Å². The van der Waals surface area contributed by atoms with E-state index in [1.807, 2.05) is 30.3 Å². The highest BCUT2D eigenvalue weighted by atomic mass is 16.5. The fourth-order valence-corrected chi connectivity index (χ4v) is 2.30. The molecule has 130 valence electrons. The average Bonchev–Trinajstić information content (AvgIpc) is 3.40. The van der Waals surface area contributed by atoms with Crippen LogP contribution in [0.15, 0.2) is 62.1 Å². The molecule has 0 bridgehead atoms. The number of hydrogen-bond donors (Lipinski definition) is 0. The third-order valence-corrected chi connectivity index (χ3v) is 3.54. The van der Waals surface area contributed by atoms with Crippen LogP contribution in [0.1, 0.15) is 22.1 Å². The number of nitrogens with zero attached hydrogens (tertiary/aromatic N) is 3. The van der Waals surface area contributed by atoms with Crippen LogP contribution >= 0.6 is 0 Å². The summed E-state index contributed by atoms with van der Waals surface area (Å²) < 4.78 is 21.0. The van der Waals surface area contributed by atoms with Crippen molar-refractivity contribution in [2.24, 2.45) is 0 Å². The van der Waals surface area contributed by atoms with Gasteiger partial charge in [-0.15, -0.1) is 0 Å². The van der Waals surface area contributed by atoms with E-state index in [-0.39, 0.29) is 24.0 Å². The molecule has 1 aromatic carbocycles. The summed E-state index contributed by atoms with van der Waals surface area (Å²) in [6.07, 6.45) is 1.50. The van der Waals surface area contributed by atoms with Crippen LogP contribution in [0, 0.1) is 6.92 Å². The van der Waals surface area contributed by atoms with Crippen molar-refractivity contribution >= 4 is 5.97 Å². The summed E-state index contributed by atoms with van der Waals surface area (Å²) in [5, 5.41) is 3.75. The number of ether oxygens (including phenoxy) is 1. The molecular weight excluding hydrogens is 338 g/mol. The summed E-state index contributed by atoms with van der Waals surface area (Å²) in [7, 11) is 0. The number of aromatic nitrogens is 3. The zero-order valence-corrected chi connectivity index (χ0v) is 13.7. The molecule has 8 nitrogen and oxygen atoms in total. The lowest BCUT2D eigenvalue weighted by Gasteiger charge is -1.98. The van der Waals surface area contributed by atoms with E-state index >= 15 is 0 Å². The zero-order valence-electron chi connectivity index (χ0n) is 13.7. The van der Waals surface area contributed by atoms with Crippen LogP contribution in [-0.2, 0) is 11.3 Å². The topological polar surface area (TPSA) is 104 Å². The molecule has 0 saturated heterocycles. The van der Waals surface area contributed by atoms with E-state index in [9.17, 15) is 4.79 Å². The summed E-state index contributed by atoms with van der Waals surface area (Å²) in [4.78, 5) is 20.6. The van der Waals surface area contributed by atoms with Crippen molar-refractivity contribution in [3.05, 3.63) is 66.0 Å². The average molecular weight is 351 g/mol. The van der Waals surface area contributed by atoms with E-state index < -0.39 is 5.97 Å². The van der Waals surface area contributed by atoms with Gasteiger partial charge < -0.3 is 18.1 Å². The lowest BCUT2D eigenvalue weighted by atomic mass is 10.2. The maximum Gasteiger partial charge on any atom is 0.361 e. The highest BCUT2D eigenvalue weighted by Gasteiger charge is 2.20. The van der Waals surface area contributed by atoms with Crippen molar-refractivity contribution in [3.63, 3.8) is 0 Å². The minimum atomic E-state index is -0.627. The van der Waals surface area contributed by atoms with E-state index in [0.29, 0.717) is 17.4 Å². The Kier molecular flexibility index (Phi) is 4.06. The van der Waals surface area contributed by atoms with E-state index in [1.165, 1.54) is 6.26 Å². The quantitative estimate of drug-likeness (QED) is 0.502. The smallest absolute Gasteiger partial charge is 0.361 e. The molecule has 0 aliphatic heterocycles. The summed E-state index contributed by atoms with van der Waals surface area (Å²) in [5.41, 5.74) is 0.884.